The minimum absolute atomic E-state index is 0.600. The molecule has 0 nitrogen and oxygen atoms in total. The van der Waals surface area contributed by atoms with Crippen molar-refractivity contribution in [1.82, 2.24) is 0 Å². The SMILES string of the molecule is CC12C3CCC4C5CC6C7C8C9C%10C%11C%12C%13C%14C%15C%16C1CC3C%161C2(C)C2(C)C3(C)C%16(C)C%17(C)C%18(C)C%19(C)C%20(C)C%21(C)C%22(C)C5(C)C46C7%22C8%21C9%20C%10%19C%11%18C%12%17C%13%16C%143C%1512. The van der Waals surface area contributed by atoms with Gasteiger partial charge >= 0.3 is 0 Å². The van der Waals surface area contributed by atoms with Crippen molar-refractivity contribution in [2.45, 2.75) is 109 Å². The van der Waals surface area contributed by atoms with Gasteiger partial charge in [0, 0.05) is 0 Å². The molecule has 0 aliphatic heterocycles. The molecule has 28 aliphatic rings. The van der Waals surface area contributed by atoms with Crippen molar-refractivity contribution in [2.75, 3.05) is 0 Å². The smallest absolute Gasteiger partial charge is 0.00566 e. The third kappa shape index (κ3) is 0.724. The third-order valence-electron chi connectivity index (χ3n) is 42.4. The van der Waals surface area contributed by atoms with Crippen LogP contribution in [0.2, 0.25) is 0 Å². The Morgan fingerprint density at radius 2 is 0.618 bits per heavy atom. The van der Waals surface area contributed by atoms with Crippen molar-refractivity contribution in [3.05, 3.63) is 0 Å². The zero-order valence-corrected chi connectivity index (χ0v) is 35.6. The fourth-order valence-corrected chi connectivity index (χ4v) is 48.3. The molecule has 0 radical (unpaired) electrons. The Hall–Kier alpha value is 0. The molecule has 11 spiro atoms. The van der Waals surface area contributed by atoms with Crippen LogP contribution in [0.5, 0.6) is 0 Å². The van der Waals surface area contributed by atoms with Crippen LogP contribution in [0, 0.1) is 219 Å². The molecule has 28 rings (SSSR count). The fourth-order valence-electron chi connectivity index (χ4n) is 48.3. The molecule has 0 amide bonds. The van der Waals surface area contributed by atoms with Crippen molar-refractivity contribution < 1.29 is 0 Å². The van der Waals surface area contributed by atoms with Gasteiger partial charge in [-0.3, -0.25) is 0 Å². The van der Waals surface area contributed by atoms with E-state index in [1.807, 2.05) is 0 Å². The Morgan fingerprint density at radius 3 is 1.13 bits per heavy atom. The number of hydrogen-bond acceptors (Lipinski definition) is 0. The molecule has 0 aromatic heterocycles. The van der Waals surface area contributed by atoms with E-state index < -0.39 is 0 Å². The maximum atomic E-state index is 3.19. The van der Waals surface area contributed by atoms with Gasteiger partial charge in [0.05, 0.1) is 0 Å². The molecule has 0 aromatic rings. The molecule has 280 valence electrons. The van der Waals surface area contributed by atoms with E-state index >= 15 is 0 Å². The summed E-state index contributed by atoms with van der Waals surface area (Å²) >= 11 is 0. The van der Waals surface area contributed by atoms with Gasteiger partial charge in [0.2, 0.25) is 0 Å². The predicted molar refractivity (Wildman–Crippen MR) is 198 cm³/mol. The standard InChI is InChI=1S/C55H60/c1-33-17-13-14-18-19-15-22-24-26-28-30-32-31-29-27-25-23-21(33)16-20(17)46(23)35(33,3)37(5)39(7)41(9)43(11)44(12)42(10)40(8)38(6)36(4)34(19,2)45(18,22)47(24,36)49(26,38)51(28,40)53(30,42)55(32,44)54(31,43)52(29,41)50(27,39)48(25,37)46/h17-32H,13-16H2,1-12H3. The van der Waals surface area contributed by atoms with Crippen LogP contribution in [0.15, 0.2) is 0 Å². The van der Waals surface area contributed by atoms with Gasteiger partial charge in [-0.2, -0.15) is 0 Å². The molecular weight excluding hydrogens is 661 g/mol. The van der Waals surface area contributed by atoms with Crippen LogP contribution in [-0.4, -0.2) is 0 Å². The summed E-state index contributed by atoms with van der Waals surface area (Å²) in [6, 6.07) is 0. The molecule has 0 N–H and O–H groups in total. The van der Waals surface area contributed by atoms with Crippen molar-refractivity contribution >= 4 is 0 Å². The molecule has 0 heteroatoms. The van der Waals surface area contributed by atoms with Crippen LogP contribution in [0.4, 0.5) is 0 Å². The molecule has 39 atom stereocenters. The minimum Gasteiger partial charge on any atom is -0.0585 e. The minimum atomic E-state index is 0.600. The highest BCUT2D eigenvalue weighted by atomic mass is 15.5. The van der Waals surface area contributed by atoms with E-state index in [9.17, 15) is 0 Å². The summed E-state index contributed by atoms with van der Waals surface area (Å²) in [5.74, 6) is 19.0. The van der Waals surface area contributed by atoms with E-state index in [0.717, 1.165) is 89.2 Å². The lowest BCUT2D eigenvalue weighted by atomic mass is 8.58. The van der Waals surface area contributed by atoms with Crippen molar-refractivity contribution in [1.29, 1.82) is 0 Å². The predicted octanol–water partition coefficient (Wildman–Crippen LogP) is 9.69. The molecule has 7 bridgehead atoms. The topological polar surface area (TPSA) is 0 Å². The summed E-state index contributed by atoms with van der Waals surface area (Å²) in [5.41, 5.74) is 16.5. The summed E-state index contributed by atoms with van der Waals surface area (Å²) in [4.78, 5) is 0. The third-order valence-corrected chi connectivity index (χ3v) is 42.4. The van der Waals surface area contributed by atoms with Gasteiger partial charge in [-0.15, -0.1) is 0 Å². The van der Waals surface area contributed by atoms with Gasteiger partial charge in [-0.05, 0) is 245 Å². The Kier molecular flexibility index (Phi) is 1.91. The number of hydrogen-bond donors (Lipinski definition) is 0. The lowest BCUT2D eigenvalue weighted by Gasteiger charge is -3.45. The average Bonchev–Trinajstić information content (AvgIpc) is 3.81. The molecule has 28 fully saturated rings. The lowest BCUT2D eigenvalue weighted by Crippen LogP contribution is -3.43. The zero-order valence-electron chi connectivity index (χ0n) is 35.6. The van der Waals surface area contributed by atoms with Gasteiger partial charge < -0.3 is 0 Å². The Bertz CT molecular complexity index is 2880. The largest absolute Gasteiger partial charge is 0.0585 e. The molecule has 39 unspecified atom stereocenters. The summed E-state index contributed by atoms with van der Waals surface area (Å²) in [6.07, 6.45) is 6.83. The van der Waals surface area contributed by atoms with Gasteiger partial charge in [0.25, 0.3) is 0 Å². The fraction of sp³-hybridized carbons (Fsp3) is 1.00. The Labute approximate surface area is 326 Å². The molecule has 0 heterocycles. The zero-order chi connectivity index (χ0) is 35.6. The monoisotopic (exact) mass is 720 g/mol. The number of fused-ring (bicyclic) bond motifs is 16. The first-order chi connectivity index (χ1) is 25.9. The van der Waals surface area contributed by atoms with Crippen LogP contribution >= 0.6 is 0 Å². The van der Waals surface area contributed by atoms with Gasteiger partial charge in [-0.1, -0.05) is 83.1 Å². The first-order valence-electron chi connectivity index (χ1n) is 25.9. The van der Waals surface area contributed by atoms with Crippen molar-refractivity contribution in [2.24, 2.45) is 219 Å². The van der Waals surface area contributed by atoms with Crippen LogP contribution in [0.1, 0.15) is 109 Å². The summed E-state index contributed by atoms with van der Waals surface area (Å²) in [5, 5.41) is 0. The highest BCUT2D eigenvalue weighted by Crippen LogP contribution is 3.49. The second-order valence-corrected chi connectivity index (χ2v) is 32.7. The highest BCUT2D eigenvalue weighted by molar-refractivity contribution is 5.92. The van der Waals surface area contributed by atoms with Crippen LogP contribution < -0.4 is 0 Å². The van der Waals surface area contributed by atoms with Gasteiger partial charge in [0.15, 0.2) is 0 Å². The maximum Gasteiger partial charge on any atom is -0.00566 e. The first kappa shape index (κ1) is 25.1. The maximum absolute atomic E-state index is 3.19. The quantitative estimate of drug-likeness (QED) is 0.234. The summed E-state index contributed by atoms with van der Waals surface area (Å²) < 4.78 is 0. The van der Waals surface area contributed by atoms with Gasteiger partial charge in [-0.25, -0.2) is 0 Å². The molecule has 0 saturated heterocycles. The van der Waals surface area contributed by atoms with Crippen molar-refractivity contribution in [3.63, 3.8) is 0 Å². The van der Waals surface area contributed by atoms with E-state index in [1.54, 1.807) is 25.7 Å². The molecular formula is C55H60. The van der Waals surface area contributed by atoms with Crippen LogP contribution in [0.3, 0.4) is 0 Å². The van der Waals surface area contributed by atoms with Crippen LogP contribution in [0.25, 0.3) is 0 Å². The second kappa shape index (κ2) is 4.20. The molecule has 55 heavy (non-hydrogen) atoms. The van der Waals surface area contributed by atoms with Crippen LogP contribution in [-0.2, 0) is 0 Å². The van der Waals surface area contributed by atoms with Gasteiger partial charge in [0.1, 0.15) is 0 Å². The number of rotatable bonds is 0. The van der Waals surface area contributed by atoms with E-state index in [1.165, 1.54) is 65.1 Å². The average molecular weight is 721 g/mol. The van der Waals surface area contributed by atoms with E-state index in [0.29, 0.717) is 65.0 Å². The Morgan fingerprint density at radius 1 is 0.255 bits per heavy atom. The summed E-state index contributed by atoms with van der Waals surface area (Å²) in [7, 11) is 0. The molecule has 28 aliphatic carbocycles. The lowest BCUT2D eigenvalue weighted by molar-refractivity contribution is -1.00. The van der Waals surface area contributed by atoms with E-state index in [-0.39, 0.29) is 0 Å². The molecule has 28 saturated carbocycles. The highest BCUT2D eigenvalue weighted by Gasteiger charge is 3.47. The second-order valence-electron chi connectivity index (χ2n) is 32.7. The molecule has 0 aromatic carbocycles. The normalized spacial score (nSPS) is 114. The summed E-state index contributed by atoms with van der Waals surface area (Å²) in [6.45, 7) is 37.7. The van der Waals surface area contributed by atoms with E-state index in [2.05, 4.69) is 83.1 Å². The Balaban J connectivity index is 0.865. The van der Waals surface area contributed by atoms with E-state index in [4.69, 9.17) is 0 Å². The van der Waals surface area contributed by atoms with Crippen molar-refractivity contribution in [3.8, 4) is 0 Å². The first-order valence-corrected chi connectivity index (χ1v) is 25.9.